The minimum absolute atomic E-state index is 0.294. The smallest absolute Gasteiger partial charge is 0.251 e. The van der Waals surface area contributed by atoms with Gasteiger partial charge in [-0.25, -0.2) is 4.39 Å². The van der Waals surface area contributed by atoms with Crippen molar-refractivity contribution >= 4 is 5.91 Å². The van der Waals surface area contributed by atoms with Crippen molar-refractivity contribution in [2.75, 3.05) is 0 Å². The molecule has 1 N–H and O–H groups in total. The molecule has 3 rings (SSSR count). The van der Waals surface area contributed by atoms with Gasteiger partial charge in [0.1, 0.15) is 18.2 Å². The van der Waals surface area contributed by atoms with Gasteiger partial charge in [0.2, 0.25) is 0 Å². The van der Waals surface area contributed by atoms with E-state index in [-0.39, 0.29) is 5.91 Å². The number of aromatic nitrogens is 1. The van der Waals surface area contributed by atoms with E-state index in [4.69, 9.17) is 4.74 Å². The van der Waals surface area contributed by atoms with Crippen LogP contribution in [0.5, 0.6) is 5.75 Å². The number of carbonyl (C=O) groups excluding carboxylic acids is 1. The maximum absolute atomic E-state index is 13.2. The summed E-state index contributed by atoms with van der Waals surface area (Å²) in [4.78, 5) is 16.3. The zero-order valence-corrected chi connectivity index (χ0v) is 13.5. The van der Waals surface area contributed by atoms with Crippen molar-refractivity contribution in [2.45, 2.75) is 13.2 Å². The molecule has 5 heteroatoms. The standard InChI is InChI=1S/C20H17FN2O2/c21-17-7-4-6-16(12-17)20(24)23-13-15-5-3-9-19(11-15)25-14-18-8-1-2-10-22-18/h1-12H,13-14H2,(H,23,24). The van der Waals surface area contributed by atoms with Crippen LogP contribution in [0.3, 0.4) is 0 Å². The molecule has 0 aliphatic rings. The molecule has 0 saturated carbocycles. The molecule has 4 nitrogen and oxygen atoms in total. The van der Waals surface area contributed by atoms with Crippen LogP contribution < -0.4 is 10.1 Å². The van der Waals surface area contributed by atoms with Crippen molar-refractivity contribution in [3.05, 3.63) is 95.6 Å². The second-order valence-electron chi connectivity index (χ2n) is 5.45. The predicted molar refractivity (Wildman–Crippen MR) is 92.6 cm³/mol. The molecule has 0 atom stereocenters. The largest absolute Gasteiger partial charge is 0.487 e. The summed E-state index contributed by atoms with van der Waals surface area (Å²) in [6.07, 6.45) is 1.72. The number of amides is 1. The highest BCUT2D eigenvalue weighted by molar-refractivity contribution is 5.94. The Morgan fingerprint density at radius 3 is 2.72 bits per heavy atom. The summed E-state index contributed by atoms with van der Waals surface area (Å²) in [6, 6.07) is 18.7. The lowest BCUT2D eigenvalue weighted by Crippen LogP contribution is -2.22. The lowest BCUT2D eigenvalue weighted by Gasteiger charge is -2.09. The van der Waals surface area contributed by atoms with E-state index in [1.165, 1.54) is 18.2 Å². The minimum atomic E-state index is -0.433. The second-order valence-corrected chi connectivity index (χ2v) is 5.45. The number of benzene rings is 2. The number of pyridine rings is 1. The Labute approximate surface area is 145 Å². The number of hydrogen-bond acceptors (Lipinski definition) is 3. The van der Waals surface area contributed by atoms with Crippen LogP contribution in [0.1, 0.15) is 21.6 Å². The van der Waals surface area contributed by atoms with Gasteiger partial charge in [-0.2, -0.15) is 0 Å². The number of carbonyl (C=O) groups is 1. The molecular weight excluding hydrogens is 319 g/mol. The Morgan fingerprint density at radius 2 is 1.92 bits per heavy atom. The maximum atomic E-state index is 13.2. The fraction of sp³-hybridized carbons (Fsp3) is 0.100. The lowest BCUT2D eigenvalue weighted by atomic mass is 10.2. The molecule has 0 spiro atoms. The topological polar surface area (TPSA) is 51.2 Å². The zero-order chi connectivity index (χ0) is 17.5. The summed E-state index contributed by atoms with van der Waals surface area (Å²) in [5.74, 6) is -0.0555. The third-order valence-corrected chi connectivity index (χ3v) is 3.55. The number of nitrogens with one attached hydrogen (secondary N) is 1. The maximum Gasteiger partial charge on any atom is 0.251 e. The molecule has 0 saturated heterocycles. The van der Waals surface area contributed by atoms with E-state index < -0.39 is 5.82 Å². The molecule has 1 aromatic heterocycles. The predicted octanol–water partition coefficient (Wildman–Crippen LogP) is 3.73. The summed E-state index contributed by atoms with van der Waals surface area (Å²) < 4.78 is 18.9. The van der Waals surface area contributed by atoms with Crippen LogP contribution >= 0.6 is 0 Å². The van der Waals surface area contributed by atoms with Crippen LogP contribution in [0, 0.1) is 5.82 Å². The number of rotatable bonds is 6. The molecule has 0 aliphatic carbocycles. The van der Waals surface area contributed by atoms with Gasteiger partial charge in [0.05, 0.1) is 5.69 Å². The van der Waals surface area contributed by atoms with Crippen LogP contribution in [0.2, 0.25) is 0 Å². The monoisotopic (exact) mass is 336 g/mol. The van der Waals surface area contributed by atoms with Crippen molar-refractivity contribution in [1.29, 1.82) is 0 Å². The van der Waals surface area contributed by atoms with Gasteiger partial charge in [0, 0.05) is 18.3 Å². The number of ether oxygens (including phenoxy) is 1. The number of hydrogen-bond donors (Lipinski definition) is 1. The Kier molecular flexibility index (Phi) is 5.36. The van der Waals surface area contributed by atoms with Gasteiger partial charge in [-0.1, -0.05) is 24.3 Å². The van der Waals surface area contributed by atoms with E-state index in [1.54, 1.807) is 12.3 Å². The highest BCUT2D eigenvalue weighted by Crippen LogP contribution is 2.15. The van der Waals surface area contributed by atoms with Crippen molar-refractivity contribution in [2.24, 2.45) is 0 Å². The summed E-state index contributed by atoms with van der Waals surface area (Å²) in [6.45, 7) is 0.704. The fourth-order valence-corrected chi connectivity index (χ4v) is 2.30. The molecule has 0 bridgehead atoms. The first-order valence-electron chi connectivity index (χ1n) is 7.86. The minimum Gasteiger partial charge on any atom is -0.487 e. The van der Waals surface area contributed by atoms with Crippen molar-refractivity contribution in [3.8, 4) is 5.75 Å². The number of halogens is 1. The van der Waals surface area contributed by atoms with Gasteiger partial charge in [-0.05, 0) is 48.0 Å². The first kappa shape index (κ1) is 16.6. The Morgan fingerprint density at radius 1 is 1.04 bits per heavy atom. The summed E-state index contributed by atoms with van der Waals surface area (Å²) in [5.41, 5.74) is 2.03. The Hall–Kier alpha value is -3.21. The summed E-state index contributed by atoms with van der Waals surface area (Å²) in [5, 5.41) is 2.77. The van der Waals surface area contributed by atoms with Crippen LogP contribution in [-0.2, 0) is 13.2 Å². The van der Waals surface area contributed by atoms with Crippen molar-refractivity contribution in [3.63, 3.8) is 0 Å². The molecule has 2 aromatic carbocycles. The van der Waals surface area contributed by atoms with Gasteiger partial charge in [-0.15, -0.1) is 0 Å². The first-order valence-corrected chi connectivity index (χ1v) is 7.86. The van der Waals surface area contributed by atoms with Crippen molar-refractivity contribution < 1.29 is 13.9 Å². The molecule has 1 heterocycles. The average molecular weight is 336 g/mol. The van der Waals surface area contributed by atoms with E-state index in [0.29, 0.717) is 24.5 Å². The molecule has 25 heavy (non-hydrogen) atoms. The van der Waals surface area contributed by atoms with Crippen LogP contribution in [0.15, 0.2) is 72.9 Å². The Balaban J connectivity index is 1.57. The van der Waals surface area contributed by atoms with Gasteiger partial charge >= 0.3 is 0 Å². The van der Waals surface area contributed by atoms with Gasteiger partial charge in [0.25, 0.3) is 5.91 Å². The van der Waals surface area contributed by atoms with Gasteiger partial charge < -0.3 is 10.1 Å². The molecule has 126 valence electrons. The average Bonchev–Trinajstić information content (AvgIpc) is 2.66. The van der Waals surface area contributed by atoms with E-state index in [0.717, 1.165) is 11.3 Å². The second kappa shape index (κ2) is 8.06. The third-order valence-electron chi connectivity index (χ3n) is 3.55. The van der Waals surface area contributed by atoms with Gasteiger partial charge in [0.15, 0.2) is 0 Å². The first-order chi connectivity index (χ1) is 12.2. The Bertz CT molecular complexity index is 853. The summed E-state index contributed by atoms with van der Waals surface area (Å²) in [7, 11) is 0. The van der Waals surface area contributed by atoms with Crippen molar-refractivity contribution in [1.82, 2.24) is 10.3 Å². The van der Waals surface area contributed by atoms with E-state index in [1.807, 2.05) is 42.5 Å². The zero-order valence-electron chi connectivity index (χ0n) is 13.5. The molecule has 0 radical (unpaired) electrons. The third kappa shape index (κ3) is 4.88. The number of nitrogens with zero attached hydrogens (tertiary/aromatic N) is 1. The normalized spacial score (nSPS) is 10.3. The van der Waals surface area contributed by atoms with Crippen LogP contribution in [0.4, 0.5) is 4.39 Å². The van der Waals surface area contributed by atoms with Crippen LogP contribution in [0.25, 0.3) is 0 Å². The molecule has 3 aromatic rings. The molecule has 0 fully saturated rings. The SMILES string of the molecule is O=C(NCc1cccc(OCc2ccccn2)c1)c1cccc(F)c1. The molecule has 1 amide bonds. The molecular formula is C20H17FN2O2. The van der Waals surface area contributed by atoms with E-state index in [2.05, 4.69) is 10.3 Å². The van der Waals surface area contributed by atoms with E-state index >= 15 is 0 Å². The highest BCUT2D eigenvalue weighted by atomic mass is 19.1. The molecule has 0 aliphatic heterocycles. The molecule has 0 unspecified atom stereocenters. The summed E-state index contributed by atoms with van der Waals surface area (Å²) >= 11 is 0. The quantitative estimate of drug-likeness (QED) is 0.746. The highest BCUT2D eigenvalue weighted by Gasteiger charge is 2.06. The van der Waals surface area contributed by atoms with Gasteiger partial charge in [-0.3, -0.25) is 9.78 Å². The lowest BCUT2D eigenvalue weighted by molar-refractivity contribution is 0.0950. The van der Waals surface area contributed by atoms with Crippen LogP contribution in [-0.4, -0.2) is 10.9 Å². The fourth-order valence-electron chi connectivity index (χ4n) is 2.30. The van der Waals surface area contributed by atoms with E-state index in [9.17, 15) is 9.18 Å².